The predicted octanol–water partition coefficient (Wildman–Crippen LogP) is 3.01. The molecule has 0 saturated carbocycles. The monoisotopic (exact) mass is 411 g/mol. The molecule has 1 N–H and O–H groups in total. The lowest BCUT2D eigenvalue weighted by Crippen LogP contribution is -2.14. The minimum absolute atomic E-state index is 0.235. The molecular formula is C16H18IN3O2. The van der Waals surface area contributed by atoms with Crippen molar-refractivity contribution >= 4 is 34.2 Å². The lowest BCUT2D eigenvalue weighted by molar-refractivity contribution is 0.102. The standard InChI is InChI=1S/C16H18IN3O2/c1-20(2)10-11-4-6-12(7-5-11)18-16(21)13-8-9-14(22-3)15(17)19-13/h4-9H,10H2,1-3H3,(H,18,21). The summed E-state index contributed by atoms with van der Waals surface area (Å²) >= 11 is 2.05. The van der Waals surface area contributed by atoms with Crippen molar-refractivity contribution in [2.75, 3.05) is 26.5 Å². The fourth-order valence-electron chi connectivity index (χ4n) is 1.95. The van der Waals surface area contributed by atoms with E-state index in [-0.39, 0.29) is 5.91 Å². The minimum Gasteiger partial charge on any atom is -0.494 e. The highest BCUT2D eigenvalue weighted by atomic mass is 127. The number of amides is 1. The van der Waals surface area contributed by atoms with E-state index < -0.39 is 0 Å². The molecule has 0 aliphatic carbocycles. The van der Waals surface area contributed by atoms with Crippen LogP contribution in [0.5, 0.6) is 5.75 Å². The topological polar surface area (TPSA) is 54.5 Å². The van der Waals surface area contributed by atoms with Gasteiger partial charge in [-0.15, -0.1) is 0 Å². The third kappa shape index (κ3) is 4.41. The molecule has 1 heterocycles. The Morgan fingerprint density at radius 3 is 2.45 bits per heavy atom. The number of methoxy groups -OCH3 is 1. The summed E-state index contributed by atoms with van der Waals surface area (Å²) in [6.45, 7) is 0.868. The van der Waals surface area contributed by atoms with Crippen LogP contribution in [0, 0.1) is 3.70 Å². The molecule has 0 bridgehead atoms. The van der Waals surface area contributed by atoms with E-state index in [0.29, 0.717) is 15.1 Å². The molecule has 0 radical (unpaired) electrons. The van der Waals surface area contributed by atoms with Crippen molar-refractivity contribution in [3.8, 4) is 5.75 Å². The number of hydrogen-bond donors (Lipinski definition) is 1. The number of carbonyl (C=O) groups excluding carboxylic acids is 1. The highest BCUT2D eigenvalue weighted by Gasteiger charge is 2.11. The fourth-order valence-corrected chi connectivity index (χ4v) is 2.61. The van der Waals surface area contributed by atoms with Gasteiger partial charge in [0.15, 0.2) is 5.75 Å². The highest BCUT2D eigenvalue weighted by molar-refractivity contribution is 14.1. The maximum absolute atomic E-state index is 12.2. The van der Waals surface area contributed by atoms with E-state index in [2.05, 4.69) is 15.2 Å². The molecule has 22 heavy (non-hydrogen) atoms. The molecule has 6 heteroatoms. The maximum atomic E-state index is 12.2. The van der Waals surface area contributed by atoms with Crippen LogP contribution in [0.1, 0.15) is 16.1 Å². The Hall–Kier alpha value is -1.67. The summed E-state index contributed by atoms with van der Waals surface area (Å²) in [5, 5.41) is 2.84. The van der Waals surface area contributed by atoms with Crippen LogP contribution in [0.3, 0.4) is 0 Å². The van der Waals surface area contributed by atoms with Gasteiger partial charge in [0.05, 0.1) is 7.11 Å². The number of pyridine rings is 1. The summed E-state index contributed by atoms with van der Waals surface area (Å²) in [5.74, 6) is 0.422. The SMILES string of the molecule is COc1ccc(C(=O)Nc2ccc(CN(C)C)cc2)nc1I. The molecule has 1 aromatic heterocycles. The van der Waals surface area contributed by atoms with Gasteiger partial charge in [0.1, 0.15) is 9.39 Å². The van der Waals surface area contributed by atoms with Gasteiger partial charge in [-0.2, -0.15) is 0 Å². The molecule has 0 atom stereocenters. The van der Waals surface area contributed by atoms with Crippen LogP contribution in [-0.2, 0) is 6.54 Å². The lowest BCUT2D eigenvalue weighted by Gasteiger charge is -2.11. The van der Waals surface area contributed by atoms with Crippen LogP contribution in [-0.4, -0.2) is 37.0 Å². The number of anilines is 1. The molecule has 0 aliphatic heterocycles. The number of benzene rings is 1. The largest absolute Gasteiger partial charge is 0.494 e. The van der Waals surface area contributed by atoms with Crippen LogP contribution in [0.4, 0.5) is 5.69 Å². The molecule has 0 unspecified atom stereocenters. The Balaban J connectivity index is 2.06. The molecule has 0 saturated heterocycles. The Morgan fingerprint density at radius 2 is 1.91 bits per heavy atom. The molecule has 116 valence electrons. The Kier molecular flexibility index (Phi) is 5.73. The number of rotatable bonds is 5. The molecular weight excluding hydrogens is 393 g/mol. The second kappa shape index (κ2) is 7.55. The average Bonchev–Trinajstić information content (AvgIpc) is 2.48. The summed E-state index contributed by atoms with van der Waals surface area (Å²) in [6, 6.07) is 11.2. The van der Waals surface area contributed by atoms with Crippen molar-refractivity contribution in [1.82, 2.24) is 9.88 Å². The van der Waals surface area contributed by atoms with E-state index in [1.807, 2.05) is 61.0 Å². The van der Waals surface area contributed by atoms with Crippen molar-refractivity contribution in [2.45, 2.75) is 6.54 Å². The third-order valence-electron chi connectivity index (χ3n) is 2.98. The van der Waals surface area contributed by atoms with Gasteiger partial charge < -0.3 is 15.0 Å². The molecule has 0 aliphatic rings. The first kappa shape index (κ1) is 16.7. The second-order valence-electron chi connectivity index (χ2n) is 5.08. The van der Waals surface area contributed by atoms with Crippen LogP contribution in [0.25, 0.3) is 0 Å². The lowest BCUT2D eigenvalue weighted by atomic mass is 10.2. The first-order valence-corrected chi connectivity index (χ1v) is 7.83. The van der Waals surface area contributed by atoms with Crippen molar-refractivity contribution < 1.29 is 9.53 Å². The first-order valence-electron chi connectivity index (χ1n) is 6.75. The number of halogens is 1. The highest BCUT2D eigenvalue weighted by Crippen LogP contribution is 2.19. The van der Waals surface area contributed by atoms with Crippen molar-refractivity contribution in [1.29, 1.82) is 0 Å². The smallest absolute Gasteiger partial charge is 0.274 e. The van der Waals surface area contributed by atoms with E-state index in [1.54, 1.807) is 19.2 Å². The zero-order valence-electron chi connectivity index (χ0n) is 12.8. The molecule has 0 spiro atoms. The third-order valence-corrected chi connectivity index (χ3v) is 3.75. The van der Waals surface area contributed by atoms with Crippen LogP contribution >= 0.6 is 22.6 Å². The predicted molar refractivity (Wildman–Crippen MR) is 95.3 cm³/mol. The number of nitrogens with one attached hydrogen (secondary N) is 1. The van der Waals surface area contributed by atoms with Gasteiger partial charge in [-0.3, -0.25) is 4.79 Å². The van der Waals surface area contributed by atoms with Gasteiger partial charge in [-0.05, 0) is 66.5 Å². The van der Waals surface area contributed by atoms with Crippen molar-refractivity contribution in [2.24, 2.45) is 0 Å². The quantitative estimate of drug-likeness (QED) is 0.607. The summed E-state index contributed by atoms with van der Waals surface area (Å²) in [4.78, 5) is 18.5. The second-order valence-corrected chi connectivity index (χ2v) is 6.10. The number of ether oxygens (including phenoxy) is 1. The summed E-state index contributed by atoms with van der Waals surface area (Å²) in [5.41, 5.74) is 2.31. The van der Waals surface area contributed by atoms with Crippen LogP contribution in [0.2, 0.25) is 0 Å². The zero-order valence-corrected chi connectivity index (χ0v) is 14.9. The van der Waals surface area contributed by atoms with Crippen molar-refractivity contribution in [3.63, 3.8) is 0 Å². The zero-order chi connectivity index (χ0) is 16.1. The normalized spacial score (nSPS) is 10.6. The fraction of sp³-hybridized carbons (Fsp3) is 0.250. The summed E-state index contributed by atoms with van der Waals surface area (Å²) < 4.78 is 5.80. The molecule has 5 nitrogen and oxygen atoms in total. The summed E-state index contributed by atoms with van der Waals surface area (Å²) in [7, 11) is 5.62. The van der Waals surface area contributed by atoms with E-state index in [1.165, 1.54) is 5.56 Å². The van der Waals surface area contributed by atoms with Gasteiger partial charge in [-0.1, -0.05) is 12.1 Å². The molecule has 1 aromatic carbocycles. The van der Waals surface area contributed by atoms with Gasteiger partial charge in [-0.25, -0.2) is 4.98 Å². The number of nitrogens with zero attached hydrogens (tertiary/aromatic N) is 2. The van der Waals surface area contributed by atoms with Gasteiger partial charge in [0.25, 0.3) is 5.91 Å². The molecule has 1 amide bonds. The first-order chi connectivity index (χ1) is 10.5. The number of hydrogen-bond acceptors (Lipinski definition) is 4. The van der Waals surface area contributed by atoms with Crippen LogP contribution < -0.4 is 10.1 Å². The Morgan fingerprint density at radius 1 is 1.23 bits per heavy atom. The van der Waals surface area contributed by atoms with Crippen molar-refractivity contribution in [3.05, 3.63) is 51.4 Å². The van der Waals surface area contributed by atoms with E-state index in [9.17, 15) is 4.79 Å². The Labute approximate surface area is 143 Å². The Bertz CT molecular complexity index is 657. The minimum atomic E-state index is -0.235. The number of aromatic nitrogens is 1. The maximum Gasteiger partial charge on any atom is 0.274 e. The van der Waals surface area contributed by atoms with E-state index >= 15 is 0 Å². The molecule has 2 rings (SSSR count). The molecule has 0 fully saturated rings. The molecule has 2 aromatic rings. The van der Waals surface area contributed by atoms with E-state index in [0.717, 1.165) is 12.2 Å². The summed E-state index contributed by atoms with van der Waals surface area (Å²) in [6.07, 6.45) is 0. The van der Waals surface area contributed by atoms with Crippen LogP contribution in [0.15, 0.2) is 36.4 Å². The van der Waals surface area contributed by atoms with Gasteiger partial charge in [0.2, 0.25) is 0 Å². The van der Waals surface area contributed by atoms with Gasteiger partial charge >= 0.3 is 0 Å². The van der Waals surface area contributed by atoms with Gasteiger partial charge in [0, 0.05) is 12.2 Å². The average molecular weight is 411 g/mol. The van der Waals surface area contributed by atoms with E-state index in [4.69, 9.17) is 4.74 Å². The number of carbonyl (C=O) groups is 1.